The molecule has 6 nitrogen and oxygen atoms in total. The Labute approximate surface area is 126 Å². The number of nitrogen functional groups attached to an aromatic ring is 1. The lowest BCUT2D eigenvalue weighted by atomic mass is 10.1. The molecule has 0 aliphatic rings. The van der Waals surface area contributed by atoms with Crippen molar-refractivity contribution >= 4 is 17.3 Å². The van der Waals surface area contributed by atoms with Crippen LogP contribution in [0.15, 0.2) is 42.5 Å². The lowest BCUT2D eigenvalue weighted by molar-refractivity contribution is 0.414. The minimum Gasteiger partial charge on any atom is -0.497 e. The number of rotatable bonds is 3. The third-order valence-corrected chi connectivity index (χ3v) is 3.26. The van der Waals surface area contributed by atoms with Gasteiger partial charge in [-0.25, -0.2) is 0 Å². The first-order valence-electron chi connectivity index (χ1n) is 6.17. The molecule has 0 saturated heterocycles. The molecule has 0 aliphatic heterocycles. The van der Waals surface area contributed by atoms with Crippen LogP contribution in [0.2, 0.25) is 5.02 Å². The number of ether oxygens (including phenoxy) is 1. The molecule has 1 heterocycles. The van der Waals surface area contributed by atoms with E-state index in [9.17, 15) is 0 Å². The van der Waals surface area contributed by atoms with E-state index in [0.29, 0.717) is 22.1 Å². The van der Waals surface area contributed by atoms with Gasteiger partial charge in [0.05, 0.1) is 12.8 Å². The van der Waals surface area contributed by atoms with E-state index in [1.165, 1.54) is 0 Å². The van der Waals surface area contributed by atoms with Crippen molar-refractivity contribution in [2.24, 2.45) is 0 Å². The van der Waals surface area contributed by atoms with Crippen LogP contribution in [0.5, 0.6) is 5.75 Å². The van der Waals surface area contributed by atoms with Gasteiger partial charge >= 0.3 is 0 Å². The van der Waals surface area contributed by atoms with Gasteiger partial charge in [0.15, 0.2) is 5.82 Å². The molecular formula is C14H12ClN5O. The van der Waals surface area contributed by atoms with Gasteiger partial charge in [-0.1, -0.05) is 17.7 Å². The van der Waals surface area contributed by atoms with E-state index < -0.39 is 0 Å². The standard InChI is InChI=1S/C14H12ClN5O/c1-21-11-4-2-3-10(8-11)20-14(17-18-19-20)12-6-5-9(15)7-13(12)16/h2-8H,16H2,1H3. The second-order valence-corrected chi connectivity index (χ2v) is 4.78. The van der Waals surface area contributed by atoms with Gasteiger partial charge < -0.3 is 10.5 Å². The topological polar surface area (TPSA) is 78.8 Å². The fourth-order valence-electron chi connectivity index (χ4n) is 2.01. The molecule has 3 rings (SSSR count). The van der Waals surface area contributed by atoms with E-state index in [1.807, 2.05) is 24.3 Å². The molecule has 0 amide bonds. The predicted octanol–water partition coefficient (Wildman–Crippen LogP) is 2.57. The van der Waals surface area contributed by atoms with Crippen molar-refractivity contribution < 1.29 is 4.74 Å². The van der Waals surface area contributed by atoms with Gasteiger partial charge in [0.25, 0.3) is 0 Å². The van der Waals surface area contributed by atoms with Crippen LogP contribution in [0, 0.1) is 0 Å². The van der Waals surface area contributed by atoms with Crippen LogP contribution in [0.4, 0.5) is 5.69 Å². The van der Waals surface area contributed by atoms with Gasteiger partial charge in [-0.05, 0) is 40.8 Å². The third kappa shape index (κ3) is 2.53. The quantitative estimate of drug-likeness (QED) is 0.752. The van der Waals surface area contributed by atoms with Gasteiger partial charge in [0, 0.05) is 22.3 Å². The highest BCUT2D eigenvalue weighted by Gasteiger charge is 2.14. The Balaban J connectivity index is 2.12. The summed E-state index contributed by atoms with van der Waals surface area (Å²) in [5.74, 6) is 1.26. The van der Waals surface area contributed by atoms with Crippen LogP contribution in [-0.4, -0.2) is 27.3 Å². The predicted molar refractivity (Wildman–Crippen MR) is 80.6 cm³/mol. The number of anilines is 1. The molecule has 1 aromatic heterocycles. The summed E-state index contributed by atoms with van der Waals surface area (Å²) in [7, 11) is 1.61. The molecule has 0 unspecified atom stereocenters. The summed E-state index contributed by atoms with van der Waals surface area (Å²) >= 11 is 5.92. The second-order valence-electron chi connectivity index (χ2n) is 4.35. The molecule has 21 heavy (non-hydrogen) atoms. The monoisotopic (exact) mass is 301 g/mol. The van der Waals surface area contributed by atoms with Crippen LogP contribution in [0.25, 0.3) is 17.1 Å². The normalized spacial score (nSPS) is 10.6. The van der Waals surface area contributed by atoms with E-state index >= 15 is 0 Å². The molecule has 0 fully saturated rings. The fourth-order valence-corrected chi connectivity index (χ4v) is 2.19. The average molecular weight is 302 g/mol. The molecule has 106 valence electrons. The molecule has 7 heteroatoms. The van der Waals surface area contributed by atoms with Gasteiger partial charge in [-0.2, -0.15) is 4.68 Å². The van der Waals surface area contributed by atoms with E-state index in [-0.39, 0.29) is 0 Å². The zero-order valence-electron chi connectivity index (χ0n) is 11.2. The van der Waals surface area contributed by atoms with Gasteiger partial charge in [-0.15, -0.1) is 5.10 Å². The van der Waals surface area contributed by atoms with E-state index in [4.69, 9.17) is 22.1 Å². The number of nitrogens with two attached hydrogens (primary N) is 1. The highest BCUT2D eigenvalue weighted by Crippen LogP contribution is 2.28. The number of nitrogens with zero attached hydrogens (tertiary/aromatic N) is 4. The lowest BCUT2D eigenvalue weighted by Crippen LogP contribution is -2.02. The van der Waals surface area contributed by atoms with Crippen molar-refractivity contribution in [2.75, 3.05) is 12.8 Å². The maximum Gasteiger partial charge on any atom is 0.189 e. The van der Waals surface area contributed by atoms with E-state index in [1.54, 1.807) is 30.0 Å². The molecule has 0 atom stereocenters. The molecular weight excluding hydrogens is 290 g/mol. The van der Waals surface area contributed by atoms with Crippen LogP contribution in [-0.2, 0) is 0 Å². The minimum absolute atomic E-state index is 0.515. The number of halogens is 1. The highest BCUT2D eigenvalue weighted by molar-refractivity contribution is 6.31. The number of hydrogen-bond donors (Lipinski definition) is 1. The lowest BCUT2D eigenvalue weighted by Gasteiger charge is -2.08. The Morgan fingerprint density at radius 3 is 2.81 bits per heavy atom. The van der Waals surface area contributed by atoms with Gasteiger partial charge in [0.1, 0.15) is 5.75 Å². The van der Waals surface area contributed by atoms with Crippen LogP contribution in [0.3, 0.4) is 0 Å². The van der Waals surface area contributed by atoms with Gasteiger partial charge in [-0.3, -0.25) is 0 Å². The summed E-state index contributed by atoms with van der Waals surface area (Å²) in [4.78, 5) is 0. The van der Waals surface area contributed by atoms with Crippen molar-refractivity contribution in [3.8, 4) is 22.8 Å². The van der Waals surface area contributed by atoms with Gasteiger partial charge in [0.2, 0.25) is 0 Å². The molecule has 0 radical (unpaired) electrons. The number of aromatic nitrogens is 4. The maximum absolute atomic E-state index is 6.00. The second kappa shape index (κ2) is 5.41. The van der Waals surface area contributed by atoms with Crippen LogP contribution >= 0.6 is 11.6 Å². The van der Waals surface area contributed by atoms with Crippen molar-refractivity contribution in [2.45, 2.75) is 0 Å². The summed E-state index contributed by atoms with van der Waals surface area (Å²) in [6, 6.07) is 12.6. The summed E-state index contributed by atoms with van der Waals surface area (Å²) < 4.78 is 6.81. The average Bonchev–Trinajstić information content (AvgIpc) is 2.96. The summed E-state index contributed by atoms with van der Waals surface area (Å²) in [5, 5.41) is 12.4. The Kier molecular flexibility index (Phi) is 3.45. The molecule has 0 aliphatic carbocycles. The first-order valence-corrected chi connectivity index (χ1v) is 6.55. The Hall–Kier alpha value is -2.60. The highest BCUT2D eigenvalue weighted by atomic mass is 35.5. The van der Waals surface area contributed by atoms with Crippen molar-refractivity contribution in [3.63, 3.8) is 0 Å². The number of tetrazole rings is 1. The molecule has 2 aromatic carbocycles. The van der Waals surface area contributed by atoms with E-state index in [0.717, 1.165) is 11.4 Å². The maximum atomic E-state index is 6.00. The zero-order chi connectivity index (χ0) is 14.8. The molecule has 2 N–H and O–H groups in total. The number of hydrogen-bond acceptors (Lipinski definition) is 5. The summed E-state index contributed by atoms with van der Waals surface area (Å²) in [5.41, 5.74) is 8.01. The Morgan fingerprint density at radius 1 is 1.19 bits per heavy atom. The van der Waals surface area contributed by atoms with Crippen molar-refractivity contribution in [3.05, 3.63) is 47.5 Å². The minimum atomic E-state index is 0.515. The zero-order valence-corrected chi connectivity index (χ0v) is 11.9. The van der Waals surface area contributed by atoms with Crippen molar-refractivity contribution in [1.82, 2.24) is 20.2 Å². The molecule has 0 saturated carbocycles. The largest absolute Gasteiger partial charge is 0.497 e. The Morgan fingerprint density at radius 2 is 2.05 bits per heavy atom. The van der Waals surface area contributed by atoms with Crippen LogP contribution in [0.1, 0.15) is 0 Å². The smallest absolute Gasteiger partial charge is 0.189 e. The summed E-state index contributed by atoms with van der Waals surface area (Å²) in [6.45, 7) is 0. The van der Waals surface area contributed by atoms with Crippen LogP contribution < -0.4 is 10.5 Å². The fraction of sp³-hybridized carbons (Fsp3) is 0.0714. The SMILES string of the molecule is COc1cccc(-n2nnnc2-c2ccc(Cl)cc2N)c1. The Bertz CT molecular complexity index is 787. The van der Waals surface area contributed by atoms with Crippen molar-refractivity contribution in [1.29, 1.82) is 0 Å². The summed E-state index contributed by atoms with van der Waals surface area (Å²) in [6.07, 6.45) is 0. The molecule has 0 bridgehead atoms. The first-order chi connectivity index (χ1) is 10.2. The molecule has 0 spiro atoms. The number of methoxy groups -OCH3 is 1. The first kappa shape index (κ1) is 13.4. The third-order valence-electron chi connectivity index (χ3n) is 3.02. The number of benzene rings is 2. The molecule has 3 aromatic rings. The van der Waals surface area contributed by atoms with E-state index in [2.05, 4.69) is 15.5 Å².